The normalized spacial score (nSPS) is 10.5. The number of Topliss-reactive ketones (excluding diaryl/α,β-unsaturated/α-hetero) is 1. The van der Waals surface area contributed by atoms with Crippen molar-refractivity contribution < 1.29 is 4.79 Å². The molecular formula is C14H13BrOS. The first-order chi connectivity index (χ1) is 8.16. The number of hydrogen-bond acceptors (Lipinski definition) is 2. The van der Waals surface area contributed by atoms with Gasteiger partial charge in [0, 0.05) is 16.5 Å². The van der Waals surface area contributed by atoms with Crippen LogP contribution in [0.2, 0.25) is 0 Å². The molecule has 2 rings (SSSR count). The van der Waals surface area contributed by atoms with Crippen LogP contribution in [0.1, 0.15) is 27.9 Å². The molecule has 0 saturated carbocycles. The van der Waals surface area contributed by atoms with Crippen LogP contribution >= 0.6 is 27.3 Å². The molecule has 0 aliphatic rings. The van der Waals surface area contributed by atoms with Gasteiger partial charge >= 0.3 is 0 Å². The molecule has 0 N–H and O–H groups in total. The van der Waals surface area contributed by atoms with Crippen molar-refractivity contribution >= 4 is 33.0 Å². The molecule has 0 radical (unpaired) electrons. The van der Waals surface area contributed by atoms with Crippen LogP contribution in [0.3, 0.4) is 0 Å². The van der Waals surface area contributed by atoms with Gasteiger partial charge in [-0.25, -0.2) is 0 Å². The molecule has 3 heteroatoms. The summed E-state index contributed by atoms with van der Waals surface area (Å²) in [5.41, 5.74) is 3.18. The summed E-state index contributed by atoms with van der Waals surface area (Å²) in [5, 5.41) is 4.14. The molecule has 2 aromatic rings. The van der Waals surface area contributed by atoms with Crippen molar-refractivity contribution in [1.29, 1.82) is 0 Å². The third-order valence-electron chi connectivity index (χ3n) is 2.65. The lowest BCUT2D eigenvalue weighted by atomic mass is 10.0. The number of benzene rings is 1. The van der Waals surface area contributed by atoms with Crippen molar-refractivity contribution in [2.75, 3.05) is 0 Å². The molecule has 1 aromatic heterocycles. The molecule has 0 saturated heterocycles. The zero-order valence-corrected chi connectivity index (χ0v) is 12.0. The minimum atomic E-state index is 0.197. The molecule has 0 amide bonds. The number of hydrogen-bond donors (Lipinski definition) is 0. The summed E-state index contributed by atoms with van der Waals surface area (Å²) < 4.78 is 0.896. The van der Waals surface area contributed by atoms with Gasteiger partial charge in [-0.15, -0.1) is 0 Å². The van der Waals surface area contributed by atoms with Gasteiger partial charge in [-0.3, -0.25) is 4.79 Å². The van der Waals surface area contributed by atoms with Crippen molar-refractivity contribution in [2.45, 2.75) is 19.8 Å². The van der Waals surface area contributed by atoms with Crippen LogP contribution in [-0.2, 0) is 6.42 Å². The lowest BCUT2D eigenvalue weighted by Crippen LogP contribution is -2.02. The van der Waals surface area contributed by atoms with E-state index in [-0.39, 0.29) is 5.78 Å². The van der Waals surface area contributed by atoms with E-state index in [1.54, 1.807) is 11.3 Å². The molecule has 0 aliphatic heterocycles. The number of rotatable bonds is 4. The predicted molar refractivity (Wildman–Crippen MR) is 75.8 cm³/mol. The monoisotopic (exact) mass is 308 g/mol. The Morgan fingerprint density at radius 2 is 2.18 bits per heavy atom. The topological polar surface area (TPSA) is 17.1 Å². The molecule has 1 aromatic carbocycles. The summed E-state index contributed by atoms with van der Waals surface area (Å²) in [6.45, 7) is 2.02. The molecule has 0 aliphatic carbocycles. The number of halogens is 1. The summed E-state index contributed by atoms with van der Waals surface area (Å²) in [6.07, 6.45) is 1.39. The van der Waals surface area contributed by atoms with Crippen LogP contribution in [-0.4, -0.2) is 5.78 Å². The highest BCUT2D eigenvalue weighted by Gasteiger charge is 2.10. The highest BCUT2D eigenvalue weighted by atomic mass is 79.9. The van der Waals surface area contributed by atoms with Gasteiger partial charge in [-0.05, 0) is 47.4 Å². The Labute approximate surface area is 114 Å². The number of ketones is 1. The SMILES string of the molecule is Cc1ccc(C(=O)CCc2ccsc2)c(Br)c1. The first kappa shape index (κ1) is 12.5. The molecule has 88 valence electrons. The molecule has 0 atom stereocenters. The molecule has 0 fully saturated rings. The summed E-state index contributed by atoms with van der Waals surface area (Å²) >= 11 is 5.12. The number of carbonyl (C=O) groups excluding carboxylic acids is 1. The predicted octanol–water partition coefficient (Wildman–Crippen LogP) is 4.63. The Morgan fingerprint density at radius 3 is 2.82 bits per heavy atom. The van der Waals surface area contributed by atoms with Crippen molar-refractivity contribution in [2.24, 2.45) is 0 Å². The van der Waals surface area contributed by atoms with Crippen molar-refractivity contribution in [3.63, 3.8) is 0 Å². The van der Waals surface area contributed by atoms with E-state index in [2.05, 4.69) is 27.4 Å². The molecule has 1 nitrogen and oxygen atoms in total. The van der Waals surface area contributed by atoms with E-state index in [4.69, 9.17) is 0 Å². The van der Waals surface area contributed by atoms with Gasteiger partial charge in [0.15, 0.2) is 5.78 Å². The van der Waals surface area contributed by atoms with Crippen LogP contribution in [0.25, 0.3) is 0 Å². The van der Waals surface area contributed by atoms with Gasteiger partial charge < -0.3 is 0 Å². The Kier molecular flexibility index (Phi) is 4.13. The average molecular weight is 309 g/mol. The minimum absolute atomic E-state index is 0.197. The van der Waals surface area contributed by atoms with Gasteiger partial charge in [0.1, 0.15) is 0 Å². The van der Waals surface area contributed by atoms with Gasteiger partial charge in [-0.1, -0.05) is 28.1 Å². The van der Waals surface area contributed by atoms with E-state index in [0.717, 1.165) is 22.0 Å². The summed E-state index contributed by atoms with van der Waals surface area (Å²) in [7, 11) is 0. The first-order valence-electron chi connectivity index (χ1n) is 5.47. The molecule has 17 heavy (non-hydrogen) atoms. The molecule has 0 spiro atoms. The molecular weight excluding hydrogens is 296 g/mol. The fraction of sp³-hybridized carbons (Fsp3) is 0.214. The maximum atomic E-state index is 12.0. The second-order valence-electron chi connectivity index (χ2n) is 4.04. The summed E-state index contributed by atoms with van der Waals surface area (Å²) in [5.74, 6) is 0.197. The Balaban J connectivity index is 2.04. The second kappa shape index (κ2) is 5.61. The number of thiophene rings is 1. The van der Waals surface area contributed by atoms with Crippen LogP contribution < -0.4 is 0 Å². The van der Waals surface area contributed by atoms with Gasteiger partial charge in [0.05, 0.1) is 0 Å². The minimum Gasteiger partial charge on any atom is -0.294 e. The van der Waals surface area contributed by atoms with Crippen LogP contribution in [0.5, 0.6) is 0 Å². The quantitative estimate of drug-likeness (QED) is 0.752. The Hall–Kier alpha value is -0.930. The van der Waals surface area contributed by atoms with E-state index < -0.39 is 0 Å². The van der Waals surface area contributed by atoms with E-state index >= 15 is 0 Å². The van der Waals surface area contributed by atoms with Crippen LogP contribution in [0.4, 0.5) is 0 Å². The smallest absolute Gasteiger partial charge is 0.164 e. The van der Waals surface area contributed by atoms with Crippen molar-refractivity contribution in [3.05, 3.63) is 56.2 Å². The summed E-state index contributed by atoms with van der Waals surface area (Å²) in [6, 6.07) is 7.93. The average Bonchev–Trinajstić information content (AvgIpc) is 2.78. The van der Waals surface area contributed by atoms with Crippen molar-refractivity contribution in [3.8, 4) is 0 Å². The highest BCUT2D eigenvalue weighted by molar-refractivity contribution is 9.10. The van der Waals surface area contributed by atoms with Crippen molar-refractivity contribution in [1.82, 2.24) is 0 Å². The second-order valence-corrected chi connectivity index (χ2v) is 5.67. The highest BCUT2D eigenvalue weighted by Crippen LogP contribution is 2.20. The number of aryl methyl sites for hydroxylation is 2. The Bertz CT molecular complexity index is 517. The van der Waals surface area contributed by atoms with Gasteiger partial charge in [0.2, 0.25) is 0 Å². The van der Waals surface area contributed by atoms with E-state index in [1.165, 1.54) is 5.56 Å². The molecule has 0 bridgehead atoms. The van der Waals surface area contributed by atoms with Gasteiger partial charge in [-0.2, -0.15) is 11.3 Å². The standard InChI is InChI=1S/C14H13BrOS/c1-10-2-4-12(13(15)8-10)14(16)5-3-11-6-7-17-9-11/h2,4,6-9H,3,5H2,1H3. The lowest BCUT2D eigenvalue weighted by Gasteiger charge is -2.04. The van der Waals surface area contributed by atoms with Crippen LogP contribution in [0, 0.1) is 6.92 Å². The maximum absolute atomic E-state index is 12.0. The lowest BCUT2D eigenvalue weighted by molar-refractivity contribution is 0.0982. The number of carbonyl (C=O) groups is 1. The summed E-state index contributed by atoms with van der Waals surface area (Å²) in [4.78, 5) is 12.0. The third kappa shape index (κ3) is 3.27. The zero-order valence-electron chi connectivity index (χ0n) is 9.57. The fourth-order valence-corrected chi connectivity index (χ4v) is 3.09. The first-order valence-corrected chi connectivity index (χ1v) is 7.21. The third-order valence-corrected chi connectivity index (χ3v) is 4.03. The molecule has 0 unspecified atom stereocenters. The zero-order chi connectivity index (χ0) is 12.3. The Morgan fingerprint density at radius 1 is 1.35 bits per heavy atom. The fourth-order valence-electron chi connectivity index (χ4n) is 1.67. The van der Waals surface area contributed by atoms with Gasteiger partial charge in [0.25, 0.3) is 0 Å². The van der Waals surface area contributed by atoms with E-state index in [0.29, 0.717) is 6.42 Å². The van der Waals surface area contributed by atoms with E-state index in [9.17, 15) is 4.79 Å². The largest absolute Gasteiger partial charge is 0.294 e. The van der Waals surface area contributed by atoms with Crippen LogP contribution in [0.15, 0.2) is 39.5 Å². The van der Waals surface area contributed by atoms with E-state index in [1.807, 2.05) is 30.5 Å². The molecule has 1 heterocycles. The maximum Gasteiger partial charge on any atom is 0.164 e.